The Morgan fingerprint density at radius 3 is 2.83 bits per heavy atom. The number of hydrogen-bond donors (Lipinski definition) is 1. The van der Waals surface area contributed by atoms with Crippen molar-refractivity contribution in [3.8, 4) is 0 Å². The van der Waals surface area contributed by atoms with Gasteiger partial charge >= 0.3 is 0 Å². The van der Waals surface area contributed by atoms with E-state index < -0.39 is 0 Å². The molecule has 0 heterocycles. The van der Waals surface area contributed by atoms with Gasteiger partial charge in [0.15, 0.2) is 0 Å². The van der Waals surface area contributed by atoms with Crippen LogP contribution in [0.4, 0.5) is 4.39 Å². The molecule has 2 aliphatic rings. The van der Waals surface area contributed by atoms with Crippen LogP contribution in [-0.4, -0.2) is 6.04 Å². The lowest BCUT2D eigenvalue weighted by Crippen LogP contribution is -2.21. The molecule has 18 heavy (non-hydrogen) atoms. The number of rotatable bonds is 4. The summed E-state index contributed by atoms with van der Waals surface area (Å²) >= 11 is 0. The van der Waals surface area contributed by atoms with Gasteiger partial charge in [0.05, 0.1) is 0 Å². The monoisotopic (exact) mass is 245 g/mol. The molecule has 1 unspecified atom stereocenters. The Bertz CT molecular complexity index is 474. The van der Waals surface area contributed by atoms with E-state index in [4.69, 9.17) is 0 Å². The van der Waals surface area contributed by atoms with Crippen LogP contribution in [0.25, 0.3) is 5.57 Å². The lowest BCUT2D eigenvalue weighted by Gasteiger charge is -2.19. The van der Waals surface area contributed by atoms with E-state index in [9.17, 15) is 4.39 Å². The van der Waals surface area contributed by atoms with Gasteiger partial charge in [-0.3, -0.25) is 0 Å². The fourth-order valence-corrected chi connectivity index (χ4v) is 2.79. The van der Waals surface area contributed by atoms with Crippen LogP contribution >= 0.6 is 0 Å². The first-order chi connectivity index (χ1) is 8.74. The highest BCUT2D eigenvalue weighted by molar-refractivity contribution is 5.70. The first-order valence-corrected chi connectivity index (χ1v) is 6.99. The number of allylic oxidation sites excluding steroid dienone is 2. The summed E-state index contributed by atoms with van der Waals surface area (Å²) in [5.74, 6) is -0.128. The molecule has 0 bridgehead atoms. The molecule has 1 nitrogen and oxygen atoms in total. The van der Waals surface area contributed by atoms with Crippen molar-refractivity contribution in [1.29, 1.82) is 0 Å². The van der Waals surface area contributed by atoms with Gasteiger partial charge < -0.3 is 5.32 Å². The van der Waals surface area contributed by atoms with Crippen molar-refractivity contribution in [3.63, 3.8) is 0 Å². The van der Waals surface area contributed by atoms with Gasteiger partial charge in [0.2, 0.25) is 0 Å². The summed E-state index contributed by atoms with van der Waals surface area (Å²) < 4.78 is 13.5. The maximum absolute atomic E-state index is 13.5. The van der Waals surface area contributed by atoms with Crippen molar-refractivity contribution < 1.29 is 4.39 Å². The molecule has 0 radical (unpaired) electrons. The first kappa shape index (κ1) is 11.9. The summed E-state index contributed by atoms with van der Waals surface area (Å²) in [5, 5.41) is 3.57. The number of hydrogen-bond acceptors (Lipinski definition) is 1. The molecule has 1 aromatic rings. The summed E-state index contributed by atoms with van der Waals surface area (Å²) in [4.78, 5) is 0. The minimum absolute atomic E-state index is 0.128. The van der Waals surface area contributed by atoms with E-state index in [1.165, 1.54) is 30.4 Å². The van der Waals surface area contributed by atoms with Crippen molar-refractivity contribution in [2.75, 3.05) is 0 Å². The van der Waals surface area contributed by atoms with E-state index >= 15 is 0 Å². The van der Waals surface area contributed by atoms with Gasteiger partial charge in [0.1, 0.15) is 5.82 Å². The third-order valence-corrected chi connectivity index (χ3v) is 3.93. The van der Waals surface area contributed by atoms with Gasteiger partial charge in [-0.25, -0.2) is 4.39 Å². The highest BCUT2D eigenvalue weighted by Crippen LogP contribution is 2.34. The fraction of sp³-hybridized carbons (Fsp3) is 0.500. The second-order valence-electron chi connectivity index (χ2n) is 5.52. The topological polar surface area (TPSA) is 12.0 Å². The van der Waals surface area contributed by atoms with Crippen molar-refractivity contribution in [3.05, 3.63) is 41.2 Å². The quantitative estimate of drug-likeness (QED) is 0.838. The van der Waals surface area contributed by atoms with Gasteiger partial charge in [0.25, 0.3) is 0 Å². The molecule has 0 aromatic heterocycles. The smallest absolute Gasteiger partial charge is 0.123 e. The Balaban J connectivity index is 1.91. The molecule has 0 spiro atoms. The SMILES string of the molecule is CC(NC1CC1)c1cc(F)ccc1C1=CCCC1. The predicted octanol–water partition coefficient (Wildman–Crippen LogP) is 4.21. The van der Waals surface area contributed by atoms with Gasteiger partial charge in [0, 0.05) is 12.1 Å². The van der Waals surface area contributed by atoms with Gasteiger partial charge in [-0.2, -0.15) is 0 Å². The fourth-order valence-electron chi connectivity index (χ4n) is 2.79. The molecule has 96 valence electrons. The number of halogens is 1. The molecular weight excluding hydrogens is 225 g/mol. The minimum atomic E-state index is -0.128. The Morgan fingerprint density at radius 1 is 1.33 bits per heavy atom. The van der Waals surface area contributed by atoms with Crippen LogP contribution in [0.1, 0.15) is 56.2 Å². The molecule has 0 saturated heterocycles. The maximum atomic E-state index is 13.5. The van der Waals surface area contributed by atoms with Crippen molar-refractivity contribution in [1.82, 2.24) is 5.32 Å². The second kappa shape index (κ2) is 4.85. The molecule has 1 atom stereocenters. The Hall–Kier alpha value is -1.15. The van der Waals surface area contributed by atoms with Crippen LogP contribution in [0.15, 0.2) is 24.3 Å². The standard InChI is InChI=1S/C16H20FN/c1-11(18-14-7-8-14)16-10-13(17)6-9-15(16)12-4-2-3-5-12/h4,6,9-11,14,18H,2-3,5,7-8H2,1H3. The third-order valence-electron chi connectivity index (χ3n) is 3.93. The Labute approximate surface area is 108 Å². The average Bonchev–Trinajstić information content (AvgIpc) is 3.01. The van der Waals surface area contributed by atoms with Crippen LogP contribution in [-0.2, 0) is 0 Å². The lowest BCUT2D eigenvalue weighted by atomic mass is 9.95. The molecule has 0 amide bonds. The van der Waals surface area contributed by atoms with Crippen LogP contribution in [0, 0.1) is 5.82 Å². The summed E-state index contributed by atoms with van der Waals surface area (Å²) in [6, 6.07) is 6.13. The van der Waals surface area contributed by atoms with Crippen molar-refractivity contribution in [2.24, 2.45) is 0 Å². The Kier molecular flexibility index (Phi) is 3.21. The highest BCUT2D eigenvalue weighted by atomic mass is 19.1. The lowest BCUT2D eigenvalue weighted by molar-refractivity contribution is 0.561. The molecule has 1 saturated carbocycles. The zero-order valence-corrected chi connectivity index (χ0v) is 10.9. The molecule has 0 aliphatic heterocycles. The minimum Gasteiger partial charge on any atom is -0.307 e. The van der Waals surface area contributed by atoms with Gasteiger partial charge in [-0.15, -0.1) is 0 Å². The van der Waals surface area contributed by atoms with E-state index in [0.717, 1.165) is 18.4 Å². The largest absolute Gasteiger partial charge is 0.307 e. The zero-order valence-electron chi connectivity index (χ0n) is 10.9. The summed E-state index contributed by atoms with van der Waals surface area (Å²) in [6.07, 6.45) is 8.36. The summed E-state index contributed by atoms with van der Waals surface area (Å²) in [6.45, 7) is 2.14. The summed E-state index contributed by atoms with van der Waals surface area (Å²) in [5.41, 5.74) is 3.76. The third kappa shape index (κ3) is 2.49. The van der Waals surface area contributed by atoms with E-state index in [1.54, 1.807) is 12.1 Å². The van der Waals surface area contributed by atoms with Crippen molar-refractivity contribution >= 4 is 5.57 Å². The maximum Gasteiger partial charge on any atom is 0.123 e. The summed E-state index contributed by atoms with van der Waals surface area (Å²) in [7, 11) is 0. The molecular formula is C16H20FN. The van der Waals surface area contributed by atoms with Gasteiger partial charge in [-0.1, -0.05) is 12.1 Å². The van der Waals surface area contributed by atoms with Gasteiger partial charge in [-0.05, 0) is 67.9 Å². The average molecular weight is 245 g/mol. The van der Waals surface area contributed by atoms with Crippen LogP contribution < -0.4 is 5.32 Å². The van der Waals surface area contributed by atoms with Crippen LogP contribution in [0.2, 0.25) is 0 Å². The predicted molar refractivity (Wildman–Crippen MR) is 72.8 cm³/mol. The zero-order chi connectivity index (χ0) is 12.5. The molecule has 1 N–H and O–H groups in total. The molecule has 1 fully saturated rings. The van der Waals surface area contributed by atoms with E-state index in [1.807, 2.05) is 6.07 Å². The number of benzene rings is 1. The van der Waals surface area contributed by atoms with Crippen LogP contribution in [0.3, 0.4) is 0 Å². The van der Waals surface area contributed by atoms with E-state index in [-0.39, 0.29) is 11.9 Å². The molecule has 2 aliphatic carbocycles. The van der Waals surface area contributed by atoms with Crippen LogP contribution in [0.5, 0.6) is 0 Å². The molecule has 1 aromatic carbocycles. The molecule has 2 heteroatoms. The number of nitrogens with one attached hydrogen (secondary N) is 1. The van der Waals surface area contributed by atoms with E-state index in [2.05, 4.69) is 18.3 Å². The van der Waals surface area contributed by atoms with E-state index in [0.29, 0.717) is 6.04 Å². The van der Waals surface area contributed by atoms with Crippen molar-refractivity contribution in [2.45, 2.75) is 51.1 Å². The Morgan fingerprint density at radius 2 is 2.17 bits per heavy atom. The second-order valence-corrected chi connectivity index (χ2v) is 5.52. The highest BCUT2D eigenvalue weighted by Gasteiger charge is 2.25. The molecule has 3 rings (SSSR count). The normalized spacial score (nSPS) is 20.9. The first-order valence-electron chi connectivity index (χ1n) is 6.99.